The lowest BCUT2D eigenvalue weighted by Crippen LogP contribution is -2.54. The number of carbonyl (C=O) groups excluding carboxylic acids is 2. The minimum atomic E-state index is -0.548. The van der Waals surface area contributed by atoms with E-state index >= 15 is 0 Å². The van der Waals surface area contributed by atoms with Crippen molar-refractivity contribution in [2.75, 3.05) is 11.6 Å². The second-order valence-electron chi connectivity index (χ2n) is 6.43. The summed E-state index contributed by atoms with van der Waals surface area (Å²) in [6, 6.07) is 19.2. The quantitative estimate of drug-likeness (QED) is 0.431. The Kier molecular flexibility index (Phi) is 5.23. The van der Waals surface area contributed by atoms with E-state index in [1.807, 2.05) is 60.7 Å². The van der Waals surface area contributed by atoms with Gasteiger partial charge in [0.05, 0.1) is 11.8 Å². The van der Waals surface area contributed by atoms with Crippen LogP contribution in [-0.2, 0) is 14.3 Å². The number of carbonyl (C=O) groups is 2. The van der Waals surface area contributed by atoms with E-state index in [0.29, 0.717) is 17.9 Å². The molecule has 0 aromatic heterocycles. The highest BCUT2D eigenvalue weighted by atomic mass is 35.5. The minimum absolute atomic E-state index is 0.0129. The minimum Gasteiger partial charge on any atom is -0.448 e. The first-order valence-electron chi connectivity index (χ1n) is 8.71. The van der Waals surface area contributed by atoms with Crippen molar-refractivity contribution in [3.63, 3.8) is 0 Å². The number of thioether (sulfide) groups is 1. The molecule has 2 aromatic rings. The maximum absolute atomic E-state index is 13.1. The van der Waals surface area contributed by atoms with Crippen molar-refractivity contribution < 1.29 is 14.3 Å². The van der Waals surface area contributed by atoms with Crippen molar-refractivity contribution in [3.8, 4) is 0 Å². The number of nitrogens with zero attached hydrogens (tertiary/aromatic N) is 1. The molecule has 0 bridgehead atoms. The Morgan fingerprint density at radius 1 is 1.11 bits per heavy atom. The lowest BCUT2D eigenvalue weighted by molar-refractivity contribution is -0.151. The zero-order chi connectivity index (χ0) is 18.8. The molecule has 1 saturated heterocycles. The number of esters is 1. The average molecular weight is 400 g/mol. The van der Waals surface area contributed by atoms with Gasteiger partial charge in [-0.05, 0) is 16.7 Å². The van der Waals surface area contributed by atoms with Crippen molar-refractivity contribution in [1.82, 2.24) is 4.90 Å². The van der Waals surface area contributed by atoms with Crippen LogP contribution >= 0.6 is 23.4 Å². The molecule has 6 heteroatoms. The molecule has 1 fully saturated rings. The Balaban J connectivity index is 1.67. The zero-order valence-corrected chi connectivity index (χ0v) is 16.1. The van der Waals surface area contributed by atoms with Gasteiger partial charge in [0.2, 0.25) is 5.91 Å². The molecule has 2 aliphatic rings. The first-order valence-corrected chi connectivity index (χ1v) is 10.3. The molecule has 0 saturated carbocycles. The monoisotopic (exact) mass is 399 g/mol. The number of benzene rings is 2. The third kappa shape index (κ3) is 3.49. The molecule has 2 aromatic carbocycles. The van der Waals surface area contributed by atoms with Crippen LogP contribution in [0.15, 0.2) is 71.9 Å². The fourth-order valence-corrected chi connectivity index (χ4v) is 4.91. The number of alkyl halides is 1. The van der Waals surface area contributed by atoms with Gasteiger partial charge in [0.25, 0.3) is 0 Å². The van der Waals surface area contributed by atoms with E-state index in [2.05, 4.69) is 0 Å². The van der Waals surface area contributed by atoms with E-state index in [0.717, 1.165) is 16.7 Å². The normalized spacial score (nSPS) is 19.0. The second-order valence-corrected chi connectivity index (χ2v) is 7.86. The number of fused-ring (bicyclic) bond motifs is 1. The van der Waals surface area contributed by atoms with Crippen molar-refractivity contribution in [3.05, 3.63) is 83.1 Å². The molecule has 0 radical (unpaired) electrons. The molecule has 1 atom stereocenters. The summed E-state index contributed by atoms with van der Waals surface area (Å²) in [6.07, 6.45) is -0.0916. The molecule has 4 rings (SSSR count). The van der Waals surface area contributed by atoms with Crippen LogP contribution in [0.1, 0.15) is 23.7 Å². The fourth-order valence-electron chi connectivity index (χ4n) is 3.32. The molecule has 0 spiro atoms. The summed E-state index contributed by atoms with van der Waals surface area (Å²) in [7, 11) is 0. The smallest absolute Gasteiger partial charge is 0.356 e. The van der Waals surface area contributed by atoms with E-state index in [-0.39, 0.29) is 17.2 Å². The van der Waals surface area contributed by atoms with E-state index in [1.165, 1.54) is 0 Å². The maximum atomic E-state index is 13.1. The van der Waals surface area contributed by atoms with E-state index in [4.69, 9.17) is 16.3 Å². The standard InChI is InChI=1S/C21H18ClNO3S/c22-12-16-13-27-18-11-17(24)23(18)19(16)21(25)26-20(14-7-3-1-4-8-14)15-9-5-2-6-10-15/h1-10,18,20H,11-13H2/t18-/m1/s1. The highest BCUT2D eigenvalue weighted by Crippen LogP contribution is 2.41. The number of β-lactam (4-membered cyclic amide) rings is 1. The van der Waals surface area contributed by atoms with E-state index < -0.39 is 12.1 Å². The highest BCUT2D eigenvalue weighted by molar-refractivity contribution is 8.00. The Bertz CT molecular complexity index is 845. The Morgan fingerprint density at radius 3 is 2.22 bits per heavy atom. The largest absolute Gasteiger partial charge is 0.448 e. The van der Waals surface area contributed by atoms with Crippen LogP contribution < -0.4 is 0 Å². The third-order valence-corrected chi connectivity index (χ3v) is 6.32. The fraction of sp³-hybridized carbons (Fsp3) is 0.238. The van der Waals surface area contributed by atoms with E-state index in [9.17, 15) is 9.59 Å². The first kappa shape index (κ1) is 18.1. The van der Waals surface area contributed by atoms with Gasteiger partial charge in [-0.25, -0.2) is 4.79 Å². The summed E-state index contributed by atoms with van der Waals surface area (Å²) >= 11 is 7.69. The molecule has 0 unspecified atom stereocenters. The van der Waals surface area contributed by atoms with Gasteiger partial charge in [-0.3, -0.25) is 9.69 Å². The third-order valence-electron chi connectivity index (χ3n) is 4.72. The predicted molar refractivity (Wildman–Crippen MR) is 106 cm³/mol. The maximum Gasteiger partial charge on any atom is 0.356 e. The second kappa shape index (κ2) is 7.79. The van der Waals surface area contributed by atoms with Gasteiger partial charge in [0.1, 0.15) is 5.70 Å². The highest BCUT2D eigenvalue weighted by Gasteiger charge is 2.46. The Labute approximate surface area is 167 Å². The molecule has 138 valence electrons. The van der Waals surface area contributed by atoms with Gasteiger partial charge in [0.15, 0.2) is 6.10 Å². The van der Waals surface area contributed by atoms with Gasteiger partial charge < -0.3 is 4.74 Å². The summed E-state index contributed by atoms with van der Waals surface area (Å²) in [5.74, 6) is 0.290. The number of rotatable bonds is 5. The van der Waals surface area contributed by atoms with Crippen LogP contribution in [0.5, 0.6) is 0 Å². The van der Waals surface area contributed by atoms with Gasteiger partial charge in [0, 0.05) is 11.6 Å². The average Bonchev–Trinajstić information content (AvgIpc) is 2.71. The number of halogens is 1. The lowest BCUT2D eigenvalue weighted by Gasteiger charge is -2.44. The van der Waals surface area contributed by atoms with Gasteiger partial charge in [-0.1, -0.05) is 60.7 Å². The zero-order valence-electron chi connectivity index (χ0n) is 14.5. The van der Waals surface area contributed by atoms with Gasteiger partial charge >= 0.3 is 5.97 Å². The topological polar surface area (TPSA) is 46.6 Å². The summed E-state index contributed by atoms with van der Waals surface area (Å²) in [5.41, 5.74) is 2.82. The summed E-state index contributed by atoms with van der Waals surface area (Å²) < 4.78 is 5.94. The summed E-state index contributed by atoms with van der Waals surface area (Å²) in [6.45, 7) is 0. The predicted octanol–water partition coefficient (Wildman–Crippen LogP) is 4.12. The molecular formula is C21H18ClNO3S. The molecule has 1 amide bonds. The first-order chi connectivity index (χ1) is 13.2. The van der Waals surface area contributed by atoms with Crippen molar-refractivity contribution in [2.24, 2.45) is 0 Å². The van der Waals surface area contributed by atoms with Crippen LogP contribution in [-0.4, -0.2) is 33.8 Å². The number of amides is 1. The number of ether oxygens (including phenoxy) is 1. The van der Waals surface area contributed by atoms with Crippen LogP contribution in [0.25, 0.3) is 0 Å². The van der Waals surface area contributed by atoms with Crippen LogP contribution in [0.3, 0.4) is 0 Å². The van der Waals surface area contributed by atoms with E-state index in [1.54, 1.807) is 16.7 Å². The van der Waals surface area contributed by atoms with Crippen molar-refractivity contribution in [1.29, 1.82) is 0 Å². The number of hydrogen-bond donors (Lipinski definition) is 0. The molecule has 4 nitrogen and oxygen atoms in total. The van der Waals surface area contributed by atoms with Crippen LogP contribution in [0.2, 0.25) is 0 Å². The number of hydrogen-bond acceptors (Lipinski definition) is 4. The van der Waals surface area contributed by atoms with Gasteiger partial charge in [-0.15, -0.1) is 23.4 Å². The molecule has 0 N–H and O–H groups in total. The van der Waals surface area contributed by atoms with Crippen LogP contribution in [0, 0.1) is 0 Å². The summed E-state index contributed by atoms with van der Waals surface area (Å²) in [5, 5.41) is 0.0129. The Hall–Kier alpha value is -2.24. The van der Waals surface area contributed by atoms with Gasteiger partial charge in [-0.2, -0.15) is 0 Å². The lowest BCUT2D eigenvalue weighted by atomic mass is 10.0. The SMILES string of the molecule is O=C(OC(c1ccccc1)c1ccccc1)C1=C(CCl)CS[C@@H]2CC(=O)N12. The Morgan fingerprint density at radius 2 is 1.70 bits per heavy atom. The van der Waals surface area contributed by atoms with Crippen molar-refractivity contribution >= 4 is 35.2 Å². The van der Waals surface area contributed by atoms with Crippen molar-refractivity contribution in [2.45, 2.75) is 17.9 Å². The summed E-state index contributed by atoms with van der Waals surface area (Å²) in [4.78, 5) is 26.8. The molecule has 2 heterocycles. The molecule has 27 heavy (non-hydrogen) atoms. The van der Waals surface area contributed by atoms with Crippen LogP contribution in [0.4, 0.5) is 0 Å². The molecular weight excluding hydrogens is 382 g/mol. The molecule has 2 aliphatic heterocycles. The molecule has 0 aliphatic carbocycles.